The highest BCUT2D eigenvalue weighted by atomic mass is 19.3. The second kappa shape index (κ2) is 3.24. The molecule has 12 heavy (non-hydrogen) atoms. The van der Waals surface area contributed by atoms with Gasteiger partial charge in [0.2, 0.25) is 6.08 Å². The average Bonchev–Trinajstić information content (AvgIpc) is 2.06. The molecule has 0 saturated heterocycles. The molecule has 0 radical (unpaired) electrons. The average molecular weight is 169 g/mol. The van der Waals surface area contributed by atoms with E-state index in [-0.39, 0.29) is 5.56 Å². The zero-order valence-corrected chi connectivity index (χ0v) is 6.00. The van der Waals surface area contributed by atoms with Crippen LogP contribution in [0.3, 0.4) is 0 Å². The molecule has 0 spiro atoms. The number of hydrogen-bond donors (Lipinski definition) is 0. The molecule has 62 valence electrons. The van der Waals surface area contributed by atoms with E-state index in [1.807, 2.05) is 0 Å². The van der Waals surface area contributed by atoms with Gasteiger partial charge >= 0.3 is 6.05 Å². The van der Waals surface area contributed by atoms with Crippen molar-refractivity contribution < 1.29 is 13.6 Å². The van der Waals surface area contributed by atoms with Crippen molar-refractivity contribution in [2.24, 2.45) is 4.99 Å². The summed E-state index contributed by atoms with van der Waals surface area (Å²) >= 11 is 0. The van der Waals surface area contributed by atoms with E-state index in [1.54, 1.807) is 6.07 Å². The van der Waals surface area contributed by atoms with Gasteiger partial charge in [-0.05, 0) is 0 Å². The van der Waals surface area contributed by atoms with E-state index < -0.39 is 6.05 Å². The van der Waals surface area contributed by atoms with E-state index in [9.17, 15) is 13.6 Å². The molecule has 2 nitrogen and oxygen atoms in total. The van der Waals surface area contributed by atoms with E-state index in [0.29, 0.717) is 0 Å². The van der Waals surface area contributed by atoms with Gasteiger partial charge in [-0.3, -0.25) is 0 Å². The number of aliphatic imine (C=N–C) groups is 1. The van der Waals surface area contributed by atoms with Gasteiger partial charge in [-0.1, -0.05) is 30.3 Å². The van der Waals surface area contributed by atoms with Crippen LogP contribution in [0.2, 0.25) is 0 Å². The van der Waals surface area contributed by atoms with E-state index in [1.165, 1.54) is 24.3 Å². The first-order valence-electron chi connectivity index (χ1n) is 3.19. The number of nitrogens with zero attached hydrogens (tertiary/aromatic N) is 1. The van der Waals surface area contributed by atoms with Crippen LogP contribution in [-0.4, -0.2) is 6.08 Å². The van der Waals surface area contributed by atoms with Gasteiger partial charge in [0.25, 0.3) is 0 Å². The first-order valence-corrected chi connectivity index (χ1v) is 3.19. The molecule has 0 fully saturated rings. The highest BCUT2D eigenvalue weighted by molar-refractivity contribution is 5.35. The fourth-order valence-electron chi connectivity index (χ4n) is 0.761. The topological polar surface area (TPSA) is 29.4 Å². The Labute approximate surface area is 67.5 Å². The molecule has 0 aliphatic carbocycles. The third-order valence-electron chi connectivity index (χ3n) is 1.31. The van der Waals surface area contributed by atoms with Crippen molar-refractivity contribution in [1.82, 2.24) is 0 Å². The summed E-state index contributed by atoms with van der Waals surface area (Å²) in [6.45, 7) is 0. The number of halogens is 2. The summed E-state index contributed by atoms with van der Waals surface area (Å²) in [6.07, 6.45) is 0.831. The monoisotopic (exact) mass is 169 g/mol. The standard InChI is InChI=1S/C8H5F2NO/c9-8(10,11-6-12)7-4-2-1-3-5-7/h1-5H. The van der Waals surface area contributed by atoms with Crippen LogP contribution in [0.25, 0.3) is 0 Å². The Kier molecular flexibility index (Phi) is 2.31. The summed E-state index contributed by atoms with van der Waals surface area (Å²) in [5.41, 5.74) is -0.312. The van der Waals surface area contributed by atoms with Gasteiger partial charge in [0.05, 0.1) is 0 Å². The minimum Gasteiger partial charge on any atom is -0.211 e. The number of alkyl halides is 2. The SMILES string of the molecule is O=C=NC(F)(F)c1ccccc1. The lowest BCUT2D eigenvalue weighted by molar-refractivity contribution is 0.00617. The molecular formula is C8H5F2NO. The predicted molar refractivity (Wildman–Crippen MR) is 38.5 cm³/mol. The number of benzene rings is 1. The van der Waals surface area contributed by atoms with Gasteiger partial charge in [0, 0.05) is 5.56 Å². The summed E-state index contributed by atoms with van der Waals surface area (Å²) < 4.78 is 25.5. The number of isocyanates is 1. The lowest BCUT2D eigenvalue weighted by atomic mass is 10.2. The molecule has 0 atom stereocenters. The number of hydrogen-bond acceptors (Lipinski definition) is 2. The first-order chi connectivity index (χ1) is 5.67. The van der Waals surface area contributed by atoms with E-state index in [0.717, 1.165) is 6.08 Å². The van der Waals surface area contributed by atoms with Crippen molar-refractivity contribution in [3.05, 3.63) is 35.9 Å². The van der Waals surface area contributed by atoms with Gasteiger partial charge in [-0.25, -0.2) is 4.79 Å². The van der Waals surface area contributed by atoms with Gasteiger partial charge in [-0.15, -0.1) is 4.99 Å². The molecule has 1 aromatic carbocycles. The third-order valence-corrected chi connectivity index (χ3v) is 1.31. The summed E-state index contributed by atoms with van der Waals surface area (Å²) in [5.74, 6) is 0. The summed E-state index contributed by atoms with van der Waals surface area (Å²) in [6, 6.07) is 3.43. The molecule has 0 amide bonds. The van der Waals surface area contributed by atoms with Crippen LogP contribution in [0.5, 0.6) is 0 Å². The Hall–Kier alpha value is -1.54. The largest absolute Gasteiger partial charge is 0.379 e. The van der Waals surface area contributed by atoms with Crippen LogP contribution in [-0.2, 0) is 10.8 Å². The van der Waals surface area contributed by atoms with Crippen LogP contribution < -0.4 is 0 Å². The Morgan fingerprint density at radius 2 is 1.83 bits per heavy atom. The van der Waals surface area contributed by atoms with E-state index in [4.69, 9.17) is 0 Å². The Morgan fingerprint density at radius 1 is 1.25 bits per heavy atom. The fourth-order valence-corrected chi connectivity index (χ4v) is 0.761. The van der Waals surface area contributed by atoms with Gasteiger partial charge in [0.15, 0.2) is 0 Å². The highest BCUT2D eigenvalue weighted by Gasteiger charge is 2.30. The molecule has 0 saturated carbocycles. The van der Waals surface area contributed by atoms with Crippen LogP contribution in [0.1, 0.15) is 5.56 Å². The van der Waals surface area contributed by atoms with E-state index >= 15 is 0 Å². The van der Waals surface area contributed by atoms with Crippen molar-refractivity contribution in [3.63, 3.8) is 0 Å². The highest BCUT2D eigenvalue weighted by Crippen LogP contribution is 2.27. The maximum atomic E-state index is 12.7. The first kappa shape index (κ1) is 8.56. The van der Waals surface area contributed by atoms with E-state index in [2.05, 4.69) is 4.99 Å². The fraction of sp³-hybridized carbons (Fsp3) is 0.125. The molecule has 0 unspecified atom stereocenters. The molecule has 0 aliphatic heterocycles. The zero-order chi connectivity index (χ0) is 9.03. The molecule has 4 heteroatoms. The Balaban J connectivity index is 3.05. The zero-order valence-electron chi connectivity index (χ0n) is 6.00. The molecular weight excluding hydrogens is 164 g/mol. The summed E-state index contributed by atoms with van der Waals surface area (Å²) in [4.78, 5) is 12.0. The minimum absolute atomic E-state index is 0.312. The molecule has 0 aliphatic rings. The van der Waals surface area contributed by atoms with Crippen molar-refractivity contribution in [3.8, 4) is 0 Å². The minimum atomic E-state index is -3.46. The van der Waals surface area contributed by atoms with Crippen molar-refractivity contribution in [2.45, 2.75) is 6.05 Å². The normalized spacial score (nSPS) is 10.5. The van der Waals surface area contributed by atoms with Gasteiger partial charge in [0.1, 0.15) is 0 Å². The maximum Gasteiger partial charge on any atom is 0.379 e. The predicted octanol–water partition coefficient (Wildman–Crippen LogP) is 2.07. The third kappa shape index (κ3) is 1.74. The van der Waals surface area contributed by atoms with Gasteiger partial charge < -0.3 is 0 Å². The Bertz CT molecular complexity index is 304. The second-order valence-corrected chi connectivity index (χ2v) is 2.11. The molecule has 0 aromatic heterocycles. The molecule has 0 N–H and O–H groups in total. The van der Waals surface area contributed by atoms with Crippen LogP contribution in [0.15, 0.2) is 35.3 Å². The maximum absolute atomic E-state index is 12.7. The summed E-state index contributed by atoms with van der Waals surface area (Å²) in [5, 5.41) is 0. The molecule has 0 bridgehead atoms. The van der Waals surface area contributed by atoms with Crippen molar-refractivity contribution >= 4 is 6.08 Å². The quantitative estimate of drug-likeness (QED) is 0.378. The number of carbonyl (C=O) groups excluding carboxylic acids is 1. The molecule has 0 heterocycles. The second-order valence-electron chi connectivity index (χ2n) is 2.11. The van der Waals surface area contributed by atoms with Crippen molar-refractivity contribution in [1.29, 1.82) is 0 Å². The Morgan fingerprint density at radius 3 is 2.33 bits per heavy atom. The molecule has 1 rings (SSSR count). The molecule has 1 aromatic rings. The smallest absolute Gasteiger partial charge is 0.211 e. The lowest BCUT2D eigenvalue weighted by Crippen LogP contribution is -2.08. The number of rotatable bonds is 2. The van der Waals surface area contributed by atoms with Gasteiger partial charge in [-0.2, -0.15) is 8.78 Å². The summed E-state index contributed by atoms with van der Waals surface area (Å²) in [7, 11) is 0. The van der Waals surface area contributed by atoms with Crippen LogP contribution in [0, 0.1) is 0 Å². The van der Waals surface area contributed by atoms with Crippen molar-refractivity contribution in [2.75, 3.05) is 0 Å². The lowest BCUT2D eigenvalue weighted by Gasteiger charge is -2.07. The van der Waals surface area contributed by atoms with Crippen LogP contribution in [0.4, 0.5) is 8.78 Å². The van der Waals surface area contributed by atoms with Crippen LogP contribution >= 0.6 is 0 Å².